The largest absolute Gasteiger partial charge is 0.450 e. The van der Waals surface area contributed by atoms with Crippen LogP contribution < -0.4 is 16.0 Å². The third-order valence-corrected chi connectivity index (χ3v) is 8.64. The van der Waals surface area contributed by atoms with Gasteiger partial charge in [0.15, 0.2) is 0 Å². The molecule has 0 saturated carbocycles. The Balaban J connectivity index is 3.66. The van der Waals surface area contributed by atoms with Gasteiger partial charge in [0.25, 0.3) is 0 Å². The van der Waals surface area contributed by atoms with Crippen LogP contribution in [0.2, 0.25) is 0 Å². The quantitative estimate of drug-likeness (QED) is 0.0610. The highest BCUT2D eigenvalue weighted by Crippen LogP contribution is 2.40. The molecule has 234 valence electrons. The molecule has 1 atom stereocenters. The molecule has 2 amide bonds. The number of nitrogens with one attached hydrogen (secondary N) is 3. The van der Waals surface area contributed by atoms with E-state index in [1.165, 1.54) is 0 Å². The summed E-state index contributed by atoms with van der Waals surface area (Å²) in [7, 11) is 5.28. The first-order valence-electron chi connectivity index (χ1n) is 14.2. The Kier molecular flexibility index (Phi) is 25.6. The van der Waals surface area contributed by atoms with Gasteiger partial charge in [-0.05, 0) is 59.9 Å². The van der Waals surface area contributed by atoms with Crippen LogP contribution in [-0.2, 0) is 23.7 Å². The first kappa shape index (κ1) is 38.6. The molecule has 0 spiro atoms. The van der Waals surface area contributed by atoms with Crippen LogP contribution in [0.3, 0.4) is 0 Å². The first-order valence-corrected chi connectivity index (χ1v) is 16.4. The Bertz CT molecular complexity index is 703. The van der Waals surface area contributed by atoms with Gasteiger partial charge in [-0.15, -0.1) is 0 Å². The lowest BCUT2D eigenvalue weighted by atomic mass is 10.1. The molecule has 0 radical (unpaired) electrons. The molecule has 0 aromatic rings. The van der Waals surface area contributed by atoms with E-state index in [2.05, 4.69) is 41.6 Å². The summed E-state index contributed by atoms with van der Waals surface area (Å²) < 4.78 is 27.2. The molecule has 1 unspecified atom stereocenters. The summed E-state index contributed by atoms with van der Waals surface area (Å²) in [5, 5.41) is 8.36. The fourth-order valence-electron chi connectivity index (χ4n) is 2.76. The summed E-state index contributed by atoms with van der Waals surface area (Å²) in [6.45, 7) is 15.7. The molecule has 0 bridgehead atoms. The average molecular weight is 608 g/mol. The molecule has 0 rings (SSSR count). The first-order chi connectivity index (χ1) is 19.2. The highest BCUT2D eigenvalue weighted by Gasteiger charge is 2.21. The highest BCUT2D eigenvalue weighted by molar-refractivity contribution is 8.77. The molecule has 3 N–H and O–H groups in total. The molecule has 0 fully saturated rings. The van der Waals surface area contributed by atoms with Crippen molar-refractivity contribution in [1.29, 1.82) is 0 Å². The molecule has 12 heteroatoms. The minimum Gasteiger partial charge on any atom is -0.450 e. The molecule has 0 heterocycles. The summed E-state index contributed by atoms with van der Waals surface area (Å²) in [5.74, 6) is 6.14. The minimum atomic E-state index is -0.444. The molecule has 10 nitrogen and oxygen atoms in total. The molecule has 0 saturated heterocycles. The van der Waals surface area contributed by atoms with Crippen LogP contribution >= 0.6 is 21.6 Å². The van der Waals surface area contributed by atoms with Gasteiger partial charge in [-0.2, -0.15) is 0 Å². The summed E-state index contributed by atoms with van der Waals surface area (Å²) >= 11 is 0. The molecular formula is C28H53N3O7S2. The molecule has 0 aliphatic carbocycles. The Morgan fingerprint density at radius 1 is 0.800 bits per heavy atom. The van der Waals surface area contributed by atoms with Crippen molar-refractivity contribution in [3.63, 3.8) is 0 Å². The number of rotatable bonds is 24. The maximum Gasteiger partial charge on any atom is 0.407 e. The number of likely N-dealkylation sites (N-methyl/N-ethyl adjacent to an activating group) is 1. The SMILES string of the molecule is CNCCOCCCCOCCNC(=O)OCCC(C)(C)SSC(C)OCCCCOC(=O)NCC#CC(C)C. The number of carbonyl (C=O) groups is 2. The van der Waals surface area contributed by atoms with Crippen molar-refractivity contribution < 1.29 is 33.3 Å². The van der Waals surface area contributed by atoms with Gasteiger partial charge in [-0.25, -0.2) is 9.59 Å². The second-order valence-electron chi connectivity index (χ2n) is 9.90. The monoisotopic (exact) mass is 607 g/mol. The van der Waals surface area contributed by atoms with Crippen LogP contribution in [0.25, 0.3) is 0 Å². The van der Waals surface area contributed by atoms with Gasteiger partial charge in [-0.3, -0.25) is 0 Å². The summed E-state index contributed by atoms with van der Waals surface area (Å²) in [4.78, 5) is 23.5. The number of amides is 2. The third-order valence-electron chi connectivity index (χ3n) is 5.02. The Labute approximate surface area is 250 Å². The van der Waals surface area contributed by atoms with Crippen LogP contribution in [0.1, 0.15) is 66.7 Å². The normalized spacial score (nSPS) is 12.0. The molecule has 0 aromatic carbocycles. The van der Waals surface area contributed by atoms with E-state index in [1.807, 2.05) is 27.8 Å². The summed E-state index contributed by atoms with van der Waals surface area (Å²) in [6, 6.07) is 0. The Hall–Kier alpha value is -1.36. The van der Waals surface area contributed by atoms with Gasteiger partial charge < -0.3 is 39.6 Å². The van der Waals surface area contributed by atoms with E-state index < -0.39 is 12.2 Å². The van der Waals surface area contributed by atoms with Gasteiger partial charge in [0.05, 0.1) is 33.0 Å². The van der Waals surface area contributed by atoms with E-state index in [9.17, 15) is 9.59 Å². The minimum absolute atomic E-state index is 0.0168. The van der Waals surface area contributed by atoms with Crippen molar-refractivity contribution in [2.75, 3.05) is 72.9 Å². The van der Waals surface area contributed by atoms with E-state index in [0.717, 1.165) is 51.9 Å². The zero-order valence-corrected chi connectivity index (χ0v) is 27.1. The Morgan fingerprint density at radius 2 is 1.40 bits per heavy atom. The van der Waals surface area contributed by atoms with Crippen LogP contribution in [0.4, 0.5) is 9.59 Å². The van der Waals surface area contributed by atoms with Gasteiger partial charge in [-0.1, -0.05) is 47.3 Å². The lowest BCUT2D eigenvalue weighted by molar-refractivity contribution is 0.102. The molecule has 40 heavy (non-hydrogen) atoms. The van der Waals surface area contributed by atoms with Crippen molar-refractivity contribution >= 4 is 33.8 Å². The van der Waals surface area contributed by atoms with Gasteiger partial charge >= 0.3 is 12.2 Å². The van der Waals surface area contributed by atoms with Crippen molar-refractivity contribution in [1.82, 2.24) is 16.0 Å². The molecular weight excluding hydrogens is 554 g/mol. The zero-order valence-electron chi connectivity index (χ0n) is 25.4. The van der Waals surface area contributed by atoms with Crippen LogP contribution in [0, 0.1) is 17.8 Å². The number of hydrogen-bond acceptors (Lipinski definition) is 10. The topological polar surface area (TPSA) is 116 Å². The van der Waals surface area contributed by atoms with E-state index in [0.29, 0.717) is 46.1 Å². The summed E-state index contributed by atoms with van der Waals surface area (Å²) in [5.41, 5.74) is 0.0168. The van der Waals surface area contributed by atoms with Gasteiger partial charge in [0.2, 0.25) is 0 Å². The van der Waals surface area contributed by atoms with E-state index in [1.54, 1.807) is 21.6 Å². The molecule has 0 aromatic heterocycles. The van der Waals surface area contributed by atoms with Crippen LogP contribution in [0.15, 0.2) is 0 Å². The fraction of sp³-hybridized carbons (Fsp3) is 0.857. The van der Waals surface area contributed by atoms with E-state index >= 15 is 0 Å². The summed E-state index contributed by atoms with van der Waals surface area (Å²) in [6.07, 6.45) is 3.29. The molecule has 0 aliphatic heterocycles. The number of ether oxygens (including phenoxy) is 5. The van der Waals surface area contributed by atoms with Crippen molar-refractivity contribution in [3.8, 4) is 11.8 Å². The van der Waals surface area contributed by atoms with E-state index in [4.69, 9.17) is 23.7 Å². The van der Waals surface area contributed by atoms with Crippen LogP contribution in [0.5, 0.6) is 0 Å². The number of unbranched alkanes of at least 4 members (excludes halogenated alkanes) is 2. The number of carbonyl (C=O) groups excluding carboxylic acids is 2. The highest BCUT2D eigenvalue weighted by atomic mass is 33.1. The lowest BCUT2D eigenvalue weighted by Crippen LogP contribution is -2.29. The van der Waals surface area contributed by atoms with Gasteiger partial charge in [0.1, 0.15) is 5.44 Å². The van der Waals surface area contributed by atoms with Gasteiger partial charge in [0, 0.05) is 43.6 Å². The third kappa shape index (κ3) is 28.2. The Morgan fingerprint density at radius 3 is 2.08 bits per heavy atom. The lowest BCUT2D eigenvalue weighted by Gasteiger charge is -2.24. The second kappa shape index (κ2) is 26.5. The predicted molar refractivity (Wildman–Crippen MR) is 165 cm³/mol. The maximum atomic E-state index is 11.9. The predicted octanol–water partition coefficient (Wildman–Crippen LogP) is 4.82. The average Bonchev–Trinajstić information content (AvgIpc) is 2.90. The number of hydrogen-bond donors (Lipinski definition) is 3. The molecule has 0 aliphatic rings. The second-order valence-corrected chi connectivity index (χ2v) is 13.1. The van der Waals surface area contributed by atoms with Crippen molar-refractivity contribution in [2.24, 2.45) is 5.92 Å². The standard InChI is InChI=1S/C28H53N3O7S2/c1-24(2)12-11-14-30-26(32)37-20-10-9-19-36-25(3)39-40-28(4,5)13-21-38-27(33)31-16-23-35-18-8-7-17-34-22-15-29-6/h24-25,29H,7-10,13-23H2,1-6H3,(H,30,32)(H,31,33). The fourth-order valence-corrected chi connectivity index (χ4v) is 5.08. The van der Waals surface area contributed by atoms with Crippen molar-refractivity contribution in [2.45, 2.75) is 76.9 Å². The van der Waals surface area contributed by atoms with Crippen LogP contribution in [-0.4, -0.2) is 95.3 Å². The van der Waals surface area contributed by atoms with Crippen molar-refractivity contribution in [3.05, 3.63) is 0 Å². The van der Waals surface area contributed by atoms with E-state index in [-0.39, 0.29) is 16.1 Å². The zero-order chi connectivity index (χ0) is 29.9. The maximum absolute atomic E-state index is 11.9. The number of alkyl carbamates (subject to hydrolysis) is 2. The smallest absolute Gasteiger partial charge is 0.407 e.